The van der Waals surface area contributed by atoms with E-state index in [-0.39, 0.29) is 18.2 Å². The largest absolute Gasteiger partial charge is 0.481 e. The van der Waals surface area contributed by atoms with E-state index in [0.717, 1.165) is 5.56 Å². The van der Waals surface area contributed by atoms with Gasteiger partial charge in [-0.25, -0.2) is 8.42 Å². The fourth-order valence-corrected chi connectivity index (χ4v) is 4.26. The molecule has 1 aliphatic heterocycles. The molecular formula is C13H17NO4S. The number of carboxylic acids is 1. The lowest BCUT2D eigenvalue weighted by Crippen LogP contribution is -2.43. The molecule has 19 heavy (non-hydrogen) atoms. The number of hydrogen-bond acceptors (Lipinski definition) is 4. The van der Waals surface area contributed by atoms with Gasteiger partial charge in [0.15, 0.2) is 9.84 Å². The van der Waals surface area contributed by atoms with Crippen LogP contribution in [-0.4, -0.2) is 37.8 Å². The highest BCUT2D eigenvalue weighted by Gasteiger charge is 2.33. The summed E-state index contributed by atoms with van der Waals surface area (Å²) in [4.78, 5) is 12.9. The highest BCUT2D eigenvalue weighted by Crippen LogP contribution is 2.34. The molecule has 0 spiro atoms. The van der Waals surface area contributed by atoms with E-state index in [2.05, 4.69) is 0 Å². The Morgan fingerprint density at radius 2 is 2.16 bits per heavy atom. The number of sulfone groups is 1. The number of benzene rings is 1. The SMILES string of the molecule is Cc1ccc2c(c1)S(=O)(=O)CC(C)N2CCC(=O)O. The zero-order valence-corrected chi connectivity index (χ0v) is 11.8. The third-order valence-corrected chi connectivity index (χ3v) is 5.24. The number of carbonyl (C=O) groups is 1. The maximum atomic E-state index is 12.2. The van der Waals surface area contributed by atoms with Crippen molar-refractivity contribution in [2.45, 2.75) is 31.2 Å². The first-order valence-corrected chi connectivity index (χ1v) is 7.78. The van der Waals surface area contributed by atoms with Gasteiger partial charge in [-0.3, -0.25) is 4.79 Å². The topological polar surface area (TPSA) is 74.7 Å². The van der Waals surface area contributed by atoms with E-state index in [9.17, 15) is 13.2 Å². The second kappa shape index (κ2) is 4.85. The zero-order chi connectivity index (χ0) is 14.2. The molecular weight excluding hydrogens is 266 g/mol. The van der Waals surface area contributed by atoms with Crippen LogP contribution in [0.5, 0.6) is 0 Å². The molecule has 5 nitrogen and oxygen atoms in total. The van der Waals surface area contributed by atoms with Crippen molar-refractivity contribution in [2.24, 2.45) is 0 Å². The van der Waals surface area contributed by atoms with Gasteiger partial charge >= 0.3 is 5.97 Å². The van der Waals surface area contributed by atoms with Crippen LogP contribution in [0.2, 0.25) is 0 Å². The van der Waals surface area contributed by atoms with E-state index in [4.69, 9.17) is 5.11 Å². The molecule has 104 valence electrons. The third kappa shape index (κ3) is 2.73. The fraction of sp³-hybridized carbons (Fsp3) is 0.462. The van der Waals surface area contributed by atoms with Crippen molar-refractivity contribution in [2.75, 3.05) is 17.2 Å². The van der Waals surface area contributed by atoms with Crippen LogP contribution in [0, 0.1) is 6.92 Å². The van der Waals surface area contributed by atoms with Crippen LogP contribution in [0.3, 0.4) is 0 Å². The highest BCUT2D eigenvalue weighted by molar-refractivity contribution is 7.91. The Balaban J connectivity index is 2.45. The summed E-state index contributed by atoms with van der Waals surface area (Å²) in [5, 5.41) is 8.78. The maximum Gasteiger partial charge on any atom is 0.305 e. The van der Waals surface area contributed by atoms with Crippen LogP contribution in [0.25, 0.3) is 0 Å². The molecule has 0 saturated carbocycles. The van der Waals surface area contributed by atoms with Crippen LogP contribution in [-0.2, 0) is 14.6 Å². The Morgan fingerprint density at radius 3 is 2.79 bits per heavy atom. The molecule has 1 heterocycles. The zero-order valence-electron chi connectivity index (χ0n) is 11.0. The minimum atomic E-state index is -3.27. The number of hydrogen-bond donors (Lipinski definition) is 1. The van der Waals surface area contributed by atoms with Crippen molar-refractivity contribution in [3.63, 3.8) is 0 Å². The van der Waals surface area contributed by atoms with E-state index in [0.29, 0.717) is 17.1 Å². The Hall–Kier alpha value is -1.56. The van der Waals surface area contributed by atoms with Crippen molar-refractivity contribution in [3.8, 4) is 0 Å². The van der Waals surface area contributed by atoms with Crippen molar-refractivity contribution in [1.82, 2.24) is 0 Å². The monoisotopic (exact) mass is 283 g/mol. The minimum absolute atomic E-state index is 0.00228. The molecule has 0 bridgehead atoms. The summed E-state index contributed by atoms with van der Waals surface area (Å²) >= 11 is 0. The smallest absolute Gasteiger partial charge is 0.305 e. The number of carboxylic acid groups (broad SMARTS) is 1. The van der Waals surface area contributed by atoms with Gasteiger partial charge in [-0.1, -0.05) is 6.07 Å². The molecule has 0 aliphatic carbocycles. The second-order valence-electron chi connectivity index (χ2n) is 4.94. The summed E-state index contributed by atoms with van der Waals surface area (Å²) in [6.07, 6.45) is -0.00228. The quantitative estimate of drug-likeness (QED) is 0.908. The summed E-state index contributed by atoms with van der Waals surface area (Å²) in [5.41, 5.74) is 1.50. The number of aryl methyl sites for hydroxylation is 1. The normalized spacial score (nSPS) is 20.9. The molecule has 1 atom stereocenters. The predicted octanol–water partition coefficient (Wildman–Crippen LogP) is 1.45. The molecule has 1 aliphatic rings. The van der Waals surface area contributed by atoms with Crippen molar-refractivity contribution in [1.29, 1.82) is 0 Å². The lowest BCUT2D eigenvalue weighted by atomic mass is 10.1. The van der Waals surface area contributed by atoms with Gasteiger partial charge in [0.2, 0.25) is 0 Å². The van der Waals surface area contributed by atoms with Gasteiger partial charge in [-0.15, -0.1) is 0 Å². The number of aliphatic carboxylic acids is 1. The van der Waals surface area contributed by atoms with E-state index >= 15 is 0 Å². The first-order chi connectivity index (χ1) is 8.81. The molecule has 0 saturated heterocycles. The molecule has 0 radical (unpaired) electrons. The minimum Gasteiger partial charge on any atom is -0.481 e. The van der Waals surface area contributed by atoms with Crippen molar-refractivity contribution < 1.29 is 18.3 Å². The van der Waals surface area contributed by atoms with Crippen molar-refractivity contribution in [3.05, 3.63) is 23.8 Å². The molecule has 0 amide bonds. The number of rotatable bonds is 3. The Labute approximate surface area is 112 Å². The van der Waals surface area contributed by atoms with E-state index in [1.165, 1.54) is 0 Å². The Kier molecular flexibility index (Phi) is 3.54. The fourth-order valence-electron chi connectivity index (χ4n) is 2.40. The average Bonchev–Trinajstić information content (AvgIpc) is 2.28. The molecule has 0 aromatic heterocycles. The van der Waals surface area contributed by atoms with Crippen molar-refractivity contribution >= 4 is 21.5 Å². The predicted molar refractivity (Wildman–Crippen MR) is 72.3 cm³/mol. The van der Waals surface area contributed by atoms with Gasteiger partial charge < -0.3 is 10.0 Å². The van der Waals surface area contributed by atoms with Gasteiger partial charge in [0, 0.05) is 12.6 Å². The lowest BCUT2D eigenvalue weighted by Gasteiger charge is -2.36. The molecule has 2 rings (SSSR count). The summed E-state index contributed by atoms with van der Waals surface area (Å²) in [7, 11) is -3.27. The lowest BCUT2D eigenvalue weighted by molar-refractivity contribution is -0.136. The van der Waals surface area contributed by atoms with E-state index in [1.54, 1.807) is 12.1 Å². The van der Waals surface area contributed by atoms with E-state index in [1.807, 2.05) is 24.8 Å². The third-order valence-electron chi connectivity index (χ3n) is 3.32. The van der Waals surface area contributed by atoms with Crippen LogP contribution in [0.15, 0.2) is 23.1 Å². The summed E-state index contributed by atoms with van der Waals surface area (Å²) in [5.74, 6) is -0.849. The Morgan fingerprint density at radius 1 is 1.47 bits per heavy atom. The first-order valence-electron chi connectivity index (χ1n) is 6.13. The number of nitrogens with zero attached hydrogens (tertiary/aromatic N) is 1. The highest BCUT2D eigenvalue weighted by atomic mass is 32.2. The molecule has 1 aromatic carbocycles. The van der Waals surface area contributed by atoms with Gasteiger partial charge in [-0.2, -0.15) is 0 Å². The molecule has 0 fully saturated rings. The number of fused-ring (bicyclic) bond motifs is 1. The molecule has 1 unspecified atom stereocenters. The number of anilines is 1. The maximum absolute atomic E-state index is 12.2. The van der Waals surface area contributed by atoms with Gasteiger partial charge in [0.05, 0.1) is 22.8 Å². The van der Waals surface area contributed by atoms with Crippen LogP contribution in [0.1, 0.15) is 18.9 Å². The second-order valence-corrected chi connectivity index (χ2v) is 6.94. The first kappa shape index (κ1) is 13.9. The molecule has 1 aromatic rings. The summed E-state index contributed by atoms with van der Waals surface area (Å²) in [6, 6.07) is 5.06. The van der Waals surface area contributed by atoms with Crippen LogP contribution < -0.4 is 4.90 Å². The standard InChI is InChI=1S/C13H17NO4S/c1-9-3-4-11-12(7-9)19(17,18)8-10(2)14(11)6-5-13(15)16/h3-4,7,10H,5-6,8H2,1-2H3,(H,15,16). The average molecular weight is 283 g/mol. The molecule has 6 heteroatoms. The van der Waals surface area contributed by atoms with Gasteiger partial charge in [-0.05, 0) is 31.5 Å². The molecule has 1 N–H and O–H groups in total. The van der Waals surface area contributed by atoms with Crippen LogP contribution >= 0.6 is 0 Å². The summed E-state index contributed by atoms with van der Waals surface area (Å²) in [6.45, 7) is 3.97. The van der Waals surface area contributed by atoms with Gasteiger partial charge in [0.1, 0.15) is 0 Å². The summed E-state index contributed by atoms with van der Waals surface area (Å²) < 4.78 is 24.4. The van der Waals surface area contributed by atoms with Gasteiger partial charge in [0.25, 0.3) is 0 Å². The van der Waals surface area contributed by atoms with Crippen LogP contribution in [0.4, 0.5) is 5.69 Å². The Bertz CT molecular complexity index is 609. The van der Waals surface area contributed by atoms with E-state index < -0.39 is 15.8 Å².